The normalized spacial score (nSPS) is 12.6. The molecule has 0 saturated heterocycles. The van der Waals surface area contributed by atoms with Crippen molar-refractivity contribution in [3.63, 3.8) is 0 Å². The predicted molar refractivity (Wildman–Crippen MR) is 68.0 cm³/mol. The fraction of sp³-hybridized carbons (Fsp3) is 0.308. The lowest BCUT2D eigenvalue weighted by atomic mass is 10.1. The molecule has 1 aromatic carbocycles. The molecule has 0 aliphatic carbocycles. The predicted octanol–water partition coefficient (Wildman–Crippen LogP) is 2.12. The number of benzene rings is 1. The van der Waals surface area contributed by atoms with Gasteiger partial charge in [-0.1, -0.05) is 6.92 Å². The molecule has 1 heterocycles. The maximum Gasteiger partial charge on any atom is 0.131 e. The van der Waals surface area contributed by atoms with Gasteiger partial charge in [-0.2, -0.15) is 0 Å². The lowest BCUT2D eigenvalue weighted by molar-refractivity contribution is 0.531. The van der Waals surface area contributed by atoms with Crippen LogP contribution in [-0.4, -0.2) is 9.55 Å². The molecule has 2 aromatic rings. The van der Waals surface area contributed by atoms with Gasteiger partial charge in [0.15, 0.2) is 0 Å². The molecule has 19 heavy (non-hydrogen) atoms. The molecule has 0 spiro atoms. The van der Waals surface area contributed by atoms with E-state index < -0.39 is 17.7 Å². The standard InChI is InChI=1S/C13H16F2N4/c1-2-4-19-5-3-17-13(19)12(18-16)9-6-10(14)8-11(15)7-9/h3,5-8,12,18H,2,4,16H2,1H3. The molecule has 1 aromatic heterocycles. The Morgan fingerprint density at radius 2 is 2.00 bits per heavy atom. The van der Waals surface area contributed by atoms with Crippen molar-refractivity contribution in [3.8, 4) is 0 Å². The van der Waals surface area contributed by atoms with Gasteiger partial charge < -0.3 is 4.57 Å². The Labute approximate surface area is 110 Å². The highest BCUT2D eigenvalue weighted by Gasteiger charge is 2.19. The highest BCUT2D eigenvalue weighted by molar-refractivity contribution is 5.26. The Morgan fingerprint density at radius 1 is 1.32 bits per heavy atom. The van der Waals surface area contributed by atoms with Gasteiger partial charge in [-0.3, -0.25) is 5.84 Å². The van der Waals surface area contributed by atoms with Crippen LogP contribution in [0.4, 0.5) is 8.78 Å². The molecule has 3 N–H and O–H groups in total. The first-order chi connectivity index (χ1) is 9.15. The summed E-state index contributed by atoms with van der Waals surface area (Å²) >= 11 is 0. The van der Waals surface area contributed by atoms with E-state index in [0.29, 0.717) is 11.4 Å². The molecule has 4 nitrogen and oxygen atoms in total. The zero-order valence-electron chi connectivity index (χ0n) is 10.6. The van der Waals surface area contributed by atoms with Crippen molar-refractivity contribution in [1.29, 1.82) is 0 Å². The number of aromatic nitrogens is 2. The molecule has 0 fully saturated rings. The number of hydrogen-bond acceptors (Lipinski definition) is 3. The van der Waals surface area contributed by atoms with Crippen molar-refractivity contribution in [3.05, 3.63) is 53.6 Å². The van der Waals surface area contributed by atoms with Crippen LogP contribution >= 0.6 is 0 Å². The van der Waals surface area contributed by atoms with Crippen LogP contribution < -0.4 is 11.3 Å². The topological polar surface area (TPSA) is 55.9 Å². The quantitative estimate of drug-likeness (QED) is 0.644. The van der Waals surface area contributed by atoms with Gasteiger partial charge in [0.25, 0.3) is 0 Å². The number of halogens is 2. The smallest absolute Gasteiger partial charge is 0.131 e. The number of imidazole rings is 1. The van der Waals surface area contributed by atoms with Crippen molar-refractivity contribution in [2.75, 3.05) is 0 Å². The number of rotatable bonds is 5. The number of nitrogens with zero attached hydrogens (tertiary/aromatic N) is 2. The average molecular weight is 266 g/mol. The summed E-state index contributed by atoms with van der Waals surface area (Å²) in [4.78, 5) is 4.22. The summed E-state index contributed by atoms with van der Waals surface area (Å²) in [5, 5.41) is 0. The van der Waals surface area contributed by atoms with Crippen LogP contribution in [0.25, 0.3) is 0 Å². The van der Waals surface area contributed by atoms with E-state index in [-0.39, 0.29) is 0 Å². The Morgan fingerprint density at radius 3 is 2.58 bits per heavy atom. The Kier molecular flexibility index (Phi) is 4.24. The number of nitrogens with one attached hydrogen (secondary N) is 1. The summed E-state index contributed by atoms with van der Waals surface area (Å²) in [5.41, 5.74) is 2.96. The van der Waals surface area contributed by atoms with Gasteiger partial charge >= 0.3 is 0 Å². The van der Waals surface area contributed by atoms with Crippen molar-refractivity contribution in [2.24, 2.45) is 5.84 Å². The van der Waals surface area contributed by atoms with Gasteiger partial charge in [-0.15, -0.1) is 0 Å². The van der Waals surface area contributed by atoms with Gasteiger partial charge in [0.1, 0.15) is 23.5 Å². The summed E-state index contributed by atoms with van der Waals surface area (Å²) in [7, 11) is 0. The van der Waals surface area contributed by atoms with Crippen LogP contribution in [-0.2, 0) is 6.54 Å². The monoisotopic (exact) mass is 266 g/mol. The molecular formula is C13H16F2N4. The second-order valence-electron chi connectivity index (χ2n) is 4.28. The molecule has 6 heteroatoms. The van der Waals surface area contributed by atoms with E-state index in [0.717, 1.165) is 19.0 Å². The number of hydrazine groups is 1. The van der Waals surface area contributed by atoms with Gasteiger partial charge in [0.2, 0.25) is 0 Å². The number of nitrogens with two attached hydrogens (primary N) is 1. The van der Waals surface area contributed by atoms with Crippen molar-refractivity contribution < 1.29 is 8.78 Å². The van der Waals surface area contributed by atoms with E-state index in [1.807, 2.05) is 17.7 Å². The van der Waals surface area contributed by atoms with E-state index in [1.54, 1.807) is 6.20 Å². The molecule has 1 atom stereocenters. The second-order valence-corrected chi connectivity index (χ2v) is 4.28. The maximum absolute atomic E-state index is 13.3. The van der Waals surface area contributed by atoms with Crippen molar-refractivity contribution in [2.45, 2.75) is 25.9 Å². The summed E-state index contributed by atoms with van der Waals surface area (Å²) in [6.07, 6.45) is 4.39. The molecule has 0 aliphatic heterocycles. The zero-order valence-corrected chi connectivity index (χ0v) is 10.6. The van der Waals surface area contributed by atoms with Crippen LogP contribution in [0.5, 0.6) is 0 Å². The van der Waals surface area contributed by atoms with Crippen LogP contribution in [0.2, 0.25) is 0 Å². The molecule has 2 rings (SSSR count). The van der Waals surface area contributed by atoms with E-state index in [2.05, 4.69) is 10.4 Å². The lowest BCUT2D eigenvalue weighted by Gasteiger charge is -2.17. The van der Waals surface area contributed by atoms with E-state index >= 15 is 0 Å². The van der Waals surface area contributed by atoms with Gasteiger partial charge in [-0.25, -0.2) is 19.2 Å². The van der Waals surface area contributed by atoms with E-state index in [9.17, 15) is 8.78 Å². The summed E-state index contributed by atoms with van der Waals surface area (Å²) in [6, 6.07) is 2.78. The third-order valence-electron chi connectivity index (χ3n) is 2.86. The van der Waals surface area contributed by atoms with Crippen LogP contribution in [0.3, 0.4) is 0 Å². The summed E-state index contributed by atoms with van der Waals surface area (Å²) in [5.74, 6) is 4.88. The number of hydrogen-bond donors (Lipinski definition) is 2. The fourth-order valence-corrected chi connectivity index (χ4v) is 2.07. The van der Waals surface area contributed by atoms with E-state index in [1.165, 1.54) is 12.1 Å². The molecule has 0 radical (unpaired) electrons. The highest BCUT2D eigenvalue weighted by Crippen LogP contribution is 2.22. The first-order valence-corrected chi connectivity index (χ1v) is 6.08. The second kappa shape index (κ2) is 5.90. The molecule has 0 aliphatic rings. The minimum absolute atomic E-state index is 0.406. The molecule has 0 bridgehead atoms. The first kappa shape index (κ1) is 13.6. The van der Waals surface area contributed by atoms with E-state index in [4.69, 9.17) is 5.84 Å². The van der Waals surface area contributed by atoms with Crippen molar-refractivity contribution in [1.82, 2.24) is 15.0 Å². The van der Waals surface area contributed by atoms with Crippen LogP contribution in [0.1, 0.15) is 30.8 Å². The molecule has 0 amide bonds. The number of aryl methyl sites for hydroxylation is 1. The van der Waals surface area contributed by atoms with Crippen molar-refractivity contribution >= 4 is 0 Å². The Bertz CT molecular complexity index is 533. The van der Waals surface area contributed by atoms with Gasteiger partial charge in [-0.05, 0) is 24.1 Å². The molecule has 0 saturated carbocycles. The van der Waals surface area contributed by atoms with Gasteiger partial charge in [0, 0.05) is 25.0 Å². The fourth-order valence-electron chi connectivity index (χ4n) is 2.07. The zero-order chi connectivity index (χ0) is 13.8. The first-order valence-electron chi connectivity index (χ1n) is 6.08. The Hall–Kier alpha value is -1.79. The Balaban J connectivity index is 2.40. The summed E-state index contributed by atoms with van der Waals surface area (Å²) < 4.78 is 28.5. The SMILES string of the molecule is CCCn1ccnc1C(NN)c1cc(F)cc(F)c1. The molecule has 102 valence electrons. The van der Waals surface area contributed by atoms with Crippen LogP contribution in [0.15, 0.2) is 30.6 Å². The maximum atomic E-state index is 13.3. The van der Waals surface area contributed by atoms with Gasteiger partial charge in [0.05, 0.1) is 0 Å². The molecular weight excluding hydrogens is 250 g/mol. The third kappa shape index (κ3) is 2.97. The lowest BCUT2D eigenvalue weighted by Crippen LogP contribution is -2.31. The third-order valence-corrected chi connectivity index (χ3v) is 2.86. The largest absolute Gasteiger partial charge is 0.333 e. The average Bonchev–Trinajstić information content (AvgIpc) is 2.78. The highest BCUT2D eigenvalue weighted by atomic mass is 19.1. The summed E-state index contributed by atoms with van der Waals surface area (Å²) in [6.45, 7) is 2.81. The minimum atomic E-state index is -0.635. The minimum Gasteiger partial charge on any atom is -0.333 e. The molecule has 1 unspecified atom stereocenters. The van der Waals surface area contributed by atoms with Crippen LogP contribution in [0, 0.1) is 11.6 Å².